The molecule has 1 aromatic rings. The molecule has 10 heteroatoms. The molecule has 2 bridgehead atoms. The lowest BCUT2D eigenvalue weighted by Crippen LogP contribution is -2.60. The first kappa shape index (κ1) is 33.2. The van der Waals surface area contributed by atoms with E-state index in [2.05, 4.69) is 10.6 Å². The van der Waals surface area contributed by atoms with E-state index in [0.29, 0.717) is 39.0 Å². The number of carbonyl (C=O) groups excluding carboxylic acids is 4. The zero-order chi connectivity index (χ0) is 31.0. The van der Waals surface area contributed by atoms with Gasteiger partial charge in [-0.1, -0.05) is 58.0 Å². The molecule has 2 aliphatic heterocycles. The third-order valence-corrected chi connectivity index (χ3v) is 7.41. The fourth-order valence-electron chi connectivity index (χ4n) is 5.82. The molecule has 10 nitrogen and oxygen atoms in total. The molecule has 3 rings (SSSR count). The standard InChI is InChI=1S/C32H50N4O6/c1-21(2)13-26(33-30(39)41-20-23-11-9-8-10-12-23)28(37)35-16-24-15-25(17-35)19-36(18-24)29(38)27(14-22(3)4)34-31(40)42-32(5,6)7/h8-12,21-22,24-27H,13-20H2,1-7H3,(H,33,39)(H,34,40)/t24?,25?,26-,27-/m0/s1. The highest BCUT2D eigenvalue weighted by Crippen LogP contribution is 2.30. The maximum Gasteiger partial charge on any atom is 0.408 e. The number of hydrogen-bond acceptors (Lipinski definition) is 6. The summed E-state index contributed by atoms with van der Waals surface area (Å²) in [5, 5.41) is 5.60. The Morgan fingerprint density at radius 1 is 0.786 bits per heavy atom. The maximum atomic E-state index is 13.7. The number of ether oxygens (including phenoxy) is 2. The van der Waals surface area contributed by atoms with Crippen molar-refractivity contribution in [2.45, 2.75) is 92.0 Å². The van der Waals surface area contributed by atoms with Crippen LogP contribution in [0.4, 0.5) is 9.59 Å². The quantitative estimate of drug-likeness (QED) is 0.415. The molecule has 0 aliphatic carbocycles. The second-order valence-corrected chi connectivity index (χ2v) is 13.7. The fraction of sp³-hybridized carbons (Fsp3) is 0.688. The van der Waals surface area contributed by atoms with Gasteiger partial charge in [0.2, 0.25) is 11.8 Å². The van der Waals surface area contributed by atoms with E-state index in [1.54, 1.807) is 20.8 Å². The molecule has 2 heterocycles. The first-order chi connectivity index (χ1) is 19.7. The number of amides is 4. The molecule has 2 unspecified atom stereocenters. The normalized spacial score (nSPS) is 20.1. The van der Waals surface area contributed by atoms with Gasteiger partial charge in [-0.25, -0.2) is 9.59 Å². The van der Waals surface area contributed by atoms with Gasteiger partial charge in [0.05, 0.1) is 0 Å². The minimum Gasteiger partial charge on any atom is -0.445 e. The van der Waals surface area contributed by atoms with Gasteiger partial charge in [-0.2, -0.15) is 0 Å². The van der Waals surface area contributed by atoms with E-state index in [1.807, 2.05) is 67.8 Å². The molecule has 2 saturated heterocycles. The van der Waals surface area contributed by atoms with Crippen molar-refractivity contribution in [3.8, 4) is 0 Å². The molecular formula is C32H50N4O6. The summed E-state index contributed by atoms with van der Waals surface area (Å²) in [5.41, 5.74) is 0.216. The number of nitrogens with one attached hydrogen (secondary N) is 2. The molecule has 234 valence electrons. The number of likely N-dealkylation sites (tertiary alicyclic amines) is 2. The number of benzene rings is 1. The lowest BCUT2D eigenvalue weighted by Gasteiger charge is -2.47. The molecule has 4 atom stereocenters. The summed E-state index contributed by atoms with van der Waals surface area (Å²) in [6.45, 7) is 15.7. The van der Waals surface area contributed by atoms with Crippen LogP contribution in [-0.2, 0) is 25.7 Å². The Morgan fingerprint density at radius 2 is 1.24 bits per heavy atom. The van der Waals surface area contributed by atoms with E-state index < -0.39 is 29.9 Å². The highest BCUT2D eigenvalue weighted by atomic mass is 16.6. The van der Waals surface area contributed by atoms with Gasteiger partial charge in [0.25, 0.3) is 0 Å². The van der Waals surface area contributed by atoms with Gasteiger partial charge < -0.3 is 29.9 Å². The Balaban J connectivity index is 1.61. The van der Waals surface area contributed by atoms with Gasteiger partial charge in [0.1, 0.15) is 24.3 Å². The Hall–Kier alpha value is -3.30. The Morgan fingerprint density at radius 3 is 1.67 bits per heavy atom. The molecule has 1 aromatic carbocycles. The highest BCUT2D eigenvalue weighted by Gasteiger charge is 2.41. The Bertz CT molecular complexity index is 1060. The van der Waals surface area contributed by atoms with Crippen LogP contribution in [0.5, 0.6) is 0 Å². The second kappa shape index (κ2) is 14.7. The summed E-state index contributed by atoms with van der Waals surface area (Å²) in [6, 6.07) is 8.06. The van der Waals surface area contributed by atoms with Crippen molar-refractivity contribution in [2.24, 2.45) is 23.7 Å². The predicted octanol–water partition coefficient (Wildman–Crippen LogP) is 4.57. The van der Waals surface area contributed by atoms with Crippen LogP contribution in [-0.4, -0.2) is 77.7 Å². The Kier molecular flexibility index (Phi) is 11.7. The van der Waals surface area contributed by atoms with Crippen molar-refractivity contribution in [3.63, 3.8) is 0 Å². The molecule has 42 heavy (non-hydrogen) atoms. The minimum atomic E-state index is -0.682. The second-order valence-electron chi connectivity index (χ2n) is 13.7. The lowest BCUT2D eigenvalue weighted by atomic mass is 9.83. The average Bonchev–Trinajstić information content (AvgIpc) is 2.88. The van der Waals surface area contributed by atoms with Gasteiger partial charge in [-0.05, 0) is 69.3 Å². The van der Waals surface area contributed by atoms with Crippen molar-refractivity contribution in [3.05, 3.63) is 35.9 Å². The number of rotatable bonds is 10. The molecule has 0 spiro atoms. The largest absolute Gasteiger partial charge is 0.445 e. The summed E-state index contributed by atoms with van der Waals surface area (Å²) in [6.07, 6.45) is 0.742. The van der Waals surface area contributed by atoms with Crippen LogP contribution < -0.4 is 10.6 Å². The van der Waals surface area contributed by atoms with Crippen molar-refractivity contribution in [1.82, 2.24) is 20.4 Å². The Labute approximate surface area is 250 Å². The third-order valence-electron chi connectivity index (χ3n) is 7.41. The van der Waals surface area contributed by atoms with E-state index in [1.165, 1.54) is 0 Å². The molecule has 0 radical (unpaired) electrons. The van der Waals surface area contributed by atoms with E-state index in [9.17, 15) is 19.2 Å². The number of hydrogen-bond donors (Lipinski definition) is 2. The van der Waals surface area contributed by atoms with E-state index in [0.717, 1.165) is 12.0 Å². The number of nitrogens with zero attached hydrogens (tertiary/aromatic N) is 2. The van der Waals surface area contributed by atoms with Crippen molar-refractivity contribution in [2.75, 3.05) is 26.2 Å². The van der Waals surface area contributed by atoms with Crippen molar-refractivity contribution >= 4 is 24.0 Å². The monoisotopic (exact) mass is 586 g/mol. The molecular weight excluding hydrogens is 536 g/mol. The van der Waals surface area contributed by atoms with Crippen molar-refractivity contribution in [1.29, 1.82) is 0 Å². The van der Waals surface area contributed by atoms with E-state index in [4.69, 9.17) is 9.47 Å². The van der Waals surface area contributed by atoms with Gasteiger partial charge in [-0.15, -0.1) is 0 Å². The van der Waals surface area contributed by atoms with Crippen LogP contribution in [0.3, 0.4) is 0 Å². The highest BCUT2D eigenvalue weighted by molar-refractivity contribution is 5.87. The summed E-state index contributed by atoms with van der Waals surface area (Å²) >= 11 is 0. The molecule has 2 fully saturated rings. The van der Waals surface area contributed by atoms with Gasteiger partial charge >= 0.3 is 12.2 Å². The number of piperidine rings is 2. The predicted molar refractivity (Wildman–Crippen MR) is 160 cm³/mol. The van der Waals surface area contributed by atoms with Gasteiger partial charge in [0, 0.05) is 26.2 Å². The zero-order valence-electron chi connectivity index (χ0n) is 26.4. The molecule has 2 aliphatic rings. The molecule has 4 amide bonds. The third kappa shape index (κ3) is 10.5. The zero-order valence-corrected chi connectivity index (χ0v) is 26.4. The topological polar surface area (TPSA) is 117 Å². The van der Waals surface area contributed by atoms with Crippen LogP contribution >= 0.6 is 0 Å². The number of fused-ring (bicyclic) bond motifs is 2. The summed E-state index contributed by atoms with van der Waals surface area (Å²) in [5.74, 6) is 0.425. The lowest BCUT2D eigenvalue weighted by molar-refractivity contribution is -0.143. The fourth-order valence-corrected chi connectivity index (χ4v) is 5.82. The average molecular weight is 587 g/mol. The van der Waals surface area contributed by atoms with Gasteiger partial charge in [-0.3, -0.25) is 9.59 Å². The van der Waals surface area contributed by atoms with Crippen LogP contribution in [0.15, 0.2) is 30.3 Å². The van der Waals surface area contributed by atoms with Gasteiger partial charge in [0.15, 0.2) is 0 Å². The molecule has 0 aromatic heterocycles. The van der Waals surface area contributed by atoms with E-state index >= 15 is 0 Å². The van der Waals surface area contributed by atoms with Crippen LogP contribution in [0.1, 0.15) is 73.3 Å². The summed E-state index contributed by atoms with van der Waals surface area (Å²) in [7, 11) is 0. The number of alkyl carbamates (subject to hydrolysis) is 2. The van der Waals surface area contributed by atoms with E-state index in [-0.39, 0.29) is 42.1 Å². The first-order valence-electron chi connectivity index (χ1n) is 15.2. The number of carbonyl (C=O) groups is 4. The molecule has 2 N–H and O–H groups in total. The van der Waals surface area contributed by atoms with Crippen LogP contribution in [0, 0.1) is 23.7 Å². The SMILES string of the molecule is CC(C)C[C@H](NC(=O)OCc1ccccc1)C(=O)N1CC2CC(C1)CN(C(=O)[C@H](CC(C)C)NC(=O)OC(C)(C)C)C2. The maximum absolute atomic E-state index is 13.7. The first-order valence-corrected chi connectivity index (χ1v) is 15.2. The summed E-state index contributed by atoms with van der Waals surface area (Å²) in [4.78, 5) is 56.1. The van der Waals surface area contributed by atoms with Crippen LogP contribution in [0.25, 0.3) is 0 Å². The van der Waals surface area contributed by atoms with Crippen molar-refractivity contribution < 1.29 is 28.7 Å². The smallest absolute Gasteiger partial charge is 0.408 e. The summed E-state index contributed by atoms with van der Waals surface area (Å²) < 4.78 is 10.8. The van der Waals surface area contributed by atoms with Crippen LogP contribution in [0.2, 0.25) is 0 Å². The minimum absolute atomic E-state index is 0.107. The molecule has 0 saturated carbocycles.